The molecule has 0 fully saturated rings. The molecule has 0 aliphatic carbocycles. The largest absolute Gasteiger partial charge is 0.322 e. The average molecular weight is 362 g/mol. The summed E-state index contributed by atoms with van der Waals surface area (Å²) in [4.78, 5) is 4.58. The quantitative estimate of drug-likeness (QED) is 0.665. The van der Waals surface area contributed by atoms with Gasteiger partial charge in [-0.2, -0.15) is 0 Å². The van der Waals surface area contributed by atoms with Gasteiger partial charge in [-0.25, -0.2) is 9.37 Å². The Kier molecular flexibility index (Phi) is 4.75. The summed E-state index contributed by atoms with van der Waals surface area (Å²) in [5.74, 6) is 1.16. The maximum atomic E-state index is 13.7. The standard InChI is InChI=1S/C15H19BrClFN2/c1-4-15(3,5-2)20-13-8-10(16)11(18)9-12(13)19-14(20)6-7-17/h8-9H,4-7H2,1-3H3. The van der Waals surface area contributed by atoms with Crippen molar-refractivity contribution < 1.29 is 4.39 Å². The van der Waals surface area contributed by atoms with E-state index < -0.39 is 0 Å². The molecule has 0 radical (unpaired) electrons. The van der Waals surface area contributed by atoms with Crippen LogP contribution in [0.5, 0.6) is 0 Å². The lowest BCUT2D eigenvalue weighted by molar-refractivity contribution is 0.294. The summed E-state index contributed by atoms with van der Waals surface area (Å²) in [6, 6.07) is 3.30. The summed E-state index contributed by atoms with van der Waals surface area (Å²) in [7, 11) is 0. The van der Waals surface area contributed by atoms with Crippen molar-refractivity contribution >= 4 is 38.6 Å². The molecular weight excluding hydrogens is 343 g/mol. The molecule has 20 heavy (non-hydrogen) atoms. The van der Waals surface area contributed by atoms with Gasteiger partial charge in [0.05, 0.1) is 15.5 Å². The van der Waals surface area contributed by atoms with Gasteiger partial charge in [0.1, 0.15) is 11.6 Å². The fourth-order valence-electron chi connectivity index (χ4n) is 2.54. The van der Waals surface area contributed by atoms with E-state index in [2.05, 4.69) is 46.3 Å². The lowest BCUT2D eigenvalue weighted by Gasteiger charge is -2.31. The van der Waals surface area contributed by atoms with E-state index >= 15 is 0 Å². The molecule has 0 aliphatic heterocycles. The number of imidazole rings is 1. The predicted molar refractivity (Wildman–Crippen MR) is 86.0 cm³/mol. The zero-order chi connectivity index (χ0) is 14.9. The van der Waals surface area contributed by atoms with E-state index in [0.717, 1.165) is 24.2 Å². The fraction of sp³-hybridized carbons (Fsp3) is 0.533. The van der Waals surface area contributed by atoms with Gasteiger partial charge >= 0.3 is 0 Å². The Bertz CT molecular complexity index is 620. The number of benzene rings is 1. The molecule has 5 heteroatoms. The van der Waals surface area contributed by atoms with E-state index in [1.165, 1.54) is 6.07 Å². The first-order valence-corrected chi connectivity index (χ1v) is 8.22. The molecule has 0 N–H and O–H groups in total. The molecule has 2 nitrogen and oxygen atoms in total. The first kappa shape index (κ1) is 15.8. The molecule has 1 heterocycles. The van der Waals surface area contributed by atoms with Gasteiger partial charge < -0.3 is 4.57 Å². The second-order valence-corrected chi connectivity index (χ2v) is 6.49. The van der Waals surface area contributed by atoms with Crippen molar-refractivity contribution in [3.8, 4) is 0 Å². The minimum absolute atomic E-state index is 0.0343. The summed E-state index contributed by atoms with van der Waals surface area (Å²) >= 11 is 9.17. The number of aromatic nitrogens is 2. The zero-order valence-electron chi connectivity index (χ0n) is 12.0. The van der Waals surface area contributed by atoms with Gasteiger partial charge in [0, 0.05) is 23.9 Å². The van der Waals surface area contributed by atoms with Crippen LogP contribution in [0.1, 0.15) is 39.4 Å². The van der Waals surface area contributed by atoms with E-state index in [0.29, 0.717) is 22.3 Å². The molecule has 0 saturated carbocycles. The highest BCUT2D eigenvalue weighted by Gasteiger charge is 2.27. The van der Waals surface area contributed by atoms with Crippen molar-refractivity contribution in [1.82, 2.24) is 9.55 Å². The number of hydrogen-bond acceptors (Lipinski definition) is 1. The summed E-state index contributed by atoms with van der Waals surface area (Å²) in [5, 5.41) is 0. The maximum absolute atomic E-state index is 13.7. The molecule has 0 bridgehead atoms. The smallest absolute Gasteiger partial charge is 0.139 e. The molecule has 0 unspecified atom stereocenters. The molecule has 2 aromatic rings. The second kappa shape index (κ2) is 6.02. The lowest BCUT2D eigenvalue weighted by Crippen LogP contribution is -2.30. The minimum Gasteiger partial charge on any atom is -0.322 e. The van der Waals surface area contributed by atoms with Gasteiger partial charge in [-0.3, -0.25) is 0 Å². The van der Waals surface area contributed by atoms with Crippen LogP contribution in [0.2, 0.25) is 0 Å². The summed E-state index contributed by atoms with van der Waals surface area (Å²) < 4.78 is 16.4. The molecule has 0 atom stereocenters. The number of halogens is 3. The molecule has 0 spiro atoms. The van der Waals surface area contributed by atoms with Crippen LogP contribution in [0.15, 0.2) is 16.6 Å². The Labute approximate surface area is 132 Å². The third-order valence-corrected chi connectivity index (χ3v) is 4.94. The fourth-order valence-corrected chi connectivity index (χ4v) is 3.04. The molecule has 2 rings (SSSR count). The number of alkyl halides is 1. The highest BCUT2D eigenvalue weighted by Crippen LogP contribution is 2.33. The average Bonchev–Trinajstić information content (AvgIpc) is 2.77. The van der Waals surface area contributed by atoms with Crippen molar-refractivity contribution in [3.05, 3.63) is 28.2 Å². The molecule has 1 aromatic heterocycles. The Hall–Kier alpha value is -0.610. The van der Waals surface area contributed by atoms with Crippen LogP contribution >= 0.6 is 27.5 Å². The Morgan fingerprint density at radius 2 is 2.00 bits per heavy atom. The van der Waals surface area contributed by atoms with Crippen LogP contribution in [-0.4, -0.2) is 15.4 Å². The number of nitrogens with zero attached hydrogens (tertiary/aromatic N) is 2. The molecule has 110 valence electrons. The van der Waals surface area contributed by atoms with Crippen LogP contribution in [-0.2, 0) is 12.0 Å². The highest BCUT2D eigenvalue weighted by atomic mass is 79.9. The predicted octanol–water partition coefficient (Wildman–Crippen LogP) is 5.25. The molecule has 0 aliphatic rings. The van der Waals surface area contributed by atoms with Crippen LogP contribution < -0.4 is 0 Å². The topological polar surface area (TPSA) is 17.8 Å². The maximum Gasteiger partial charge on any atom is 0.139 e. The van der Waals surface area contributed by atoms with Gasteiger partial charge in [0.15, 0.2) is 0 Å². The number of aryl methyl sites for hydroxylation is 1. The number of hydrogen-bond donors (Lipinski definition) is 0. The van der Waals surface area contributed by atoms with Gasteiger partial charge in [-0.05, 0) is 41.8 Å². The zero-order valence-corrected chi connectivity index (χ0v) is 14.4. The highest BCUT2D eigenvalue weighted by molar-refractivity contribution is 9.10. The van der Waals surface area contributed by atoms with Gasteiger partial charge in [-0.15, -0.1) is 11.6 Å². The molecule has 0 amide bonds. The third-order valence-electron chi connectivity index (χ3n) is 4.15. The van der Waals surface area contributed by atoms with E-state index in [9.17, 15) is 4.39 Å². The van der Waals surface area contributed by atoms with E-state index in [1.54, 1.807) is 0 Å². The number of fused-ring (bicyclic) bond motifs is 1. The summed E-state index contributed by atoms with van der Waals surface area (Å²) in [6.45, 7) is 6.54. The minimum atomic E-state index is -0.283. The van der Waals surface area contributed by atoms with E-state index in [4.69, 9.17) is 11.6 Å². The Balaban J connectivity index is 2.77. The van der Waals surface area contributed by atoms with Gasteiger partial charge in [0.2, 0.25) is 0 Å². The van der Waals surface area contributed by atoms with E-state index in [1.807, 2.05) is 6.07 Å². The van der Waals surface area contributed by atoms with Gasteiger partial charge in [-0.1, -0.05) is 13.8 Å². The summed E-state index contributed by atoms with van der Waals surface area (Å²) in [5.41, 5.74) is 1.62. The van der Waals surface area contributed by atoms with E-state index in [-0.39, 0.29) is 11.4 Å². The SMILES string of the molecule is CCC(C)(CC)n1c(CCCl)nc2cc(F)c(Br)cc21. The third kappa shape index (κ3) is 2.60. The lowest BCUT2D eigenvalue weighted by atomic mass is 9.94. The normalized spacial score (nSPS) is 12.3. The first-order valence-electron chi connectivity index (χ1n) is 6.89. The molecule has 1 aromatic carbocycles. The molecule has 0 saturated heterocycles. The Morgan fingerprint density at radius 1 is 1.35 bits per heavy atom. The van der Waals surface area contributed by atoms with Crippen molar-refractivity contribution in [2.75, 3.05) is 5.88 Å². The number of rotatable bonds is 5. The van der Waals surface area contributed by atoms with Crippen LogP contribution in [0.4, 0.5) is 4.39 Å². The summed E-state index contributed by atoms with van der Waals surface area (Å²) in [6.07, 6.45) is 2.66. The van der Waals surface area contributed by atoms with Crippen molar-refractivity contribution in [2.45, 2.75) is 45.6 Å². The van der Waals surface area contributed by atoms with Crippen LogP contribution in [0.3, 0.4) is 0 Å². The second-order valence-electron chi connectivity index (χ2n) is 5.26. The van der Waals surface area contributed by atoms with Crippen molar-refractivity contribution in [2.24, 2.45) is 0 Å². The first-order chi connectivity index (χ1) is 9.46. The van der Waals surface area contributed by atoms with Gasteiger partial charge in [0.25, 0.3) is 0 Å². The molecular formula is C15H19BrClFN2. The van der Waals surface area contributed by atoms with Crippen LogP contribution in [0.25, 0.3) is 11.0 Å². The van der Waals surface area contributed by atoms with Crippen molar-refractivity contribution in [1.29, 1.82) is 0 Å². The monoisotopic (exact) mass is 360 g/mol. The van der Waals surface area contributed by atoms with Crippen LogP contribution in [0, 0.1) is 5.82 Å². The van der Waals surface area contributed by atoms with Crippen molar-refractivity contribution in [3.63, 3.8) is 0 Å². The Morgan fingerprint density at radius 3 is 2.55 bits per heavy atom.